The summed E-state index contributed by atoms with van der Waals surface area (Å²) in [5, 5.41) is 19.5. The second-order valence-electron chi connectivity index (χ2n) is 3.94. The van der Waals surface area contributed by atoms with Gasteiger partial charge in [-0.25, -0.2) is 0 Å². The maximum absolute atomic E-state index is 11.7. The molecule has 0 fully saturated rings. The number of anilines is 1. The summed E-state index contributed by atoms with van der Waals surface area (Å²) in [5.41, 5.74) is -0.0398. The van der Waals surface area contributed by atoms with E-state index < -0.39 is 6.10 Å². The highest BCUT2D eigenvalue weighted by atomic mass is 16.3. The second-order valence-corrected chi connectivity index (χ2v) is 3.94. The Morgan fingerprint density at radius 1 is 1.56 bits per heavy atom. The third kappa shape index (κ3) is 3.17. The van der Waals surface area contributed by atoms with Gasteiger partial charge in [0.05, 0.1) is 18.8 Å². The Hall–Kier alpha value is -2.15. The van der Waals surface area contributed by atoms with Crippen LogP contribution in [0.2, 0.25) is 0 Å². The number of furan rings is 1. The fraction of sp³-hybridized carbons (Fsp3) is 0.364. The first-order valence-corrected chi connectivity index (χ1v) is 5.55. The lowest BCUT2D eigenvalue weighted by molar-refractivity contribution is 0.208. The van der Waals surface area contributed by atoms with Gasteiger partial charge in [-0.2, -0.15) is 0 Å². The summed E-state index contributed by atoms with van der Waals surface area (Å²) in [7, 11) is 0. The lowest BCUT2D eigenvalue weighted by Crippen LogP contribution is -2.23. The summed E-state index contributed by atoms with van der Waals surface area (Å²) in [6.07, 6.45) is 1.31. The highest BCUT2D eigenvalue weighted by Crippen LogP contribution is 2.04. The van der Waals surface area contributed by atoms with Gasteiger partial charge in [0.1, 0.15) is 11.5 Å². The molecule has 2 aromatic heterocycles. The van der Waals surface area contributed by atoms with Crippen LogP contribution in [0.5, 0.6) is 0 Å². The number of hydrogen-bond acceptors (Lipinski definition) is 6. The van der Waals surface area contributed by atoms with Crippen molar-refractivity contribution in [3.63, 3.8) is 0 Å². The molecule has 2 rings (SSSR count). The average molecular weight is 250 g/mol. The number of nitrogens with zero attached hydrogens (tertiary/aromatic N) is 2. The SMILES string of the molecule is CC(O)CNc1nnc(Cc2ccco2)c(=O)[nH]1. The van der Waals surface area contributed by atoms with Crippen LogP contribution in [0.4, 0.5) is 5.95 Å². The standard InChI is InChI=1S/C11H14N4O3/c1-7(16)6-12-11-13-10(17)9(14-15-11)5-8-3-2-4-18-8/h2-4,7,16H,5-6H2,1H3,(H2,12,13,15,17). The largest absolute Gasteiger partial charge is 0.469 e. The van der Waals surface area contributed by atoms with Crippen molar-refractivity contribution in [3.8, 4) is 0 Å². The monoisotopic (exact) mass is 250 g/mol. The molecule has 0 amide bonds. The van der Waals surface area contributed by atoms with E-state index in [1.165, 1.54) is 6.26 Å². The van der Waals surface area contributed by atoms with Crippen LogP contribution < -0.4 is 10.9 Å². The fourth-order valence-corrected chi connectivity index (χ4v) is 1.38. The van der Waals surface area contributed by atoms with E-state index >= 15 is 0 Å². The zero-order chi connectivity index (χ0) is 13.0. The predicted octanol–water partition coefficient (Wildman–Crippen LogP) is 0.141. The molecule has 0 bridgehead atoms. The number of H-pyrrole nitrogens is 1. The molecule has 0 aliphatic heterocycles. The minimum Gasteiger partial charge on any atom is -0.469 e. The van der Waals surface area contributed by atoms with Crippen molar-refractivity contribution < 1.29 is 9.52 Å². The van der Waals surface area contributed by atoms with E-state index in [1.807, 2.05) is 0 Å². The lowest BCUT2D eigenvalue weighted by atomic mass is 10.2. The van der Waals surface area contributed by atoms with E-state index in [1.54, 1.807) is 19.1 Å². The molecule has 3 N–H and O–H groups in total. The Morgan fingerprint density at radius 3 is 3.00 bits per heavy atom. The zero-order valence-corrected chi connectivity index (χ0v) is 9.88. The van der Waals surface area contributed by atoms with Crippen LogP contribution >= 0.6 is 0 Å². The Labute approximate surface area is 103 Å². The first kappa shape index (κ1) is 12.3. The molecule has 2 aromatic rings. The smallest absolute Gasteiger partial charge is 0.274 e. The van der Waals surface area contributed by atoms with Gasteiger partial charge in [0.2, 0.25) is 5.95 Å². The number of aromatic amines is 1. The zero-order valence-electron chi connectivity index (χ0n) is 9.88. The van der Waals surface area contributed by atoms with E-state index in [0.717, 1.165) is 0 Å². The van der Waals surface area contributed by atoms with Gasteiger partial charge < -0.3 is 14.8 Å². The van der Waals surface area contributed by atoms with Crippen molar-refractivity contribution in [2.45, 2.75) is 19.4 Å². The van der Waals surface area contributed by atoms with Crippen molar-refractivity contribution in [2.24, 2.45) is 0 Å². The summed E-state index contributed by atoms with van der Waals surface area (Å²) in [6.45, 7) is 1.92. The molecule has 0 aliphatic carbocycles. The normalized spacial score (nSPS) is 12.3. The van der Waals surface area contributed by atoms with Gasteiger partial charge in [0, 0.05) is 6.54 Å². The molecule has 0 aliphatic rings. The van der Waals surface area contributed by atoms with Crippen LogP contribution in [0.25, 0.3) is 0 Å². The summed E-state index contributed by atoms with van der Waals surface area (Å²) in [5.74, 6) is 0.892. The van der Waals surface area contributed by atoms with Crippen molar-refractivity contribution >= 4 is 5.95 Å². The maximum Gasteiger partial charge on any atom is 0.274 e. The molecule has 7 heteroatoms. The van der Waals surface area contributed by atoms with Gasteiger partial charge in [-0.3, -0.25) is 9.78 Å². The molecule has 7 nitrogen and oxygen atoms in total. The van der Waals surface area contributed by atoms with Crippen LogP contribution in [0, 0.1) is 0 Å². The molecular weight excluding hydrogens is 236 g/mol. The molecule has 1 atom stereocenters. The number of hydrogen-bond donors (Lipinski definition) is 3. The highest BCUT2D eigenvalue weighted by molar-refractivity contribution is 5.22. The van der Waals surface area contributed by atoms with Crippen LogP contribution in [0.1, 0.15) is 18.4 Å². The molecule has 96 valence electrons. The second kappa shape index (κ2) is 5.46. The van der Waals surface area contributed by atoms with Crippen LogP contribution in [-0.2, 0) is 6.42 Å². The predicted molar refractivity (Wildman–Crippen MR) is 64.3 cm³/mol. The Morgan fingerprint density at radius 2 is 2.39 bits per heavy atom. The maximum atomic E-state index is 11.7. The van der Waals surface area contributed by atoms with Gasteiger partial charge >= 0.3 is 0 Å². The molecule has 1 unspecified atom stereocenters. The topological polar surface area (TPSA) is 104 Å². The van der Waals surface area contributed by atoms with E-state index in [4.69, 9.17) is 9.52 Å². The summed E-state index contributed by atoms with van der Waals surface area (Å²) in [4.78, 5) is 14.3. The number of aromatic nitrogens is 3. The van der Waals surface area contributed by atoms with Crippen LogP contribution in [0.3, 0.4) is 0 Å². The highest BCUT2D eigenvalue weighted by Gasteiger charge is 2.07. The molecule has 0 saturated carbocycles. The first-order valence-electron chi connectivity index (χ1n) is 5.55. The minimum atomic E-state index is -0.530. The van der Waals surface area contributed by atoms with Crippen molar-refractivity contribution in [1.29, 1.82) is 0 Å². The van der Waals surface area contributed by atoms with Gasteiger partial charge in [-0.1, -0.05) is 0 Å². The third-order valence-corrected chi connectivity index (χ3v) is 2.25. The molecule has 0 aromatic carbocycles. The van der Waals surface area contributed by atoms with Crippen molar-refractivity contribution in [3.05, 3.63) is 40.2 Å². The molecular formula is C11H14N4O3. The van der Waals surface area contributed by atoms with Crippen molar-refractivity contribution in [1.82, 2.24) is 15.2 Å². The van der Waals surface area contributed by atoms with Crippen molar-refractivity contribution in [2.75, 3.05) is 11.9 Å². The Bertz CT molecular complexity index is 548. The van der Waals surface area contributed by atoms with Crippen LogP contribution in [0.15, 0.2) is 27.6 Å². The molecule has 0 spiro atoms. The number of rotatable bonds is 5. The van der Waals surface area contributed by atoms with Crippen LogP contribution in [-0.4, -0.2) is 32.9 Å². The Kier molecular flexibility index (Phi) is 3.73. The molecule has 0 saturated heterocycles. The molecule has 18 heavy (non-hydrogen) atoms. The summed E-state index contributed by atoms with van der Waals surface area (Å²) >= 11 is 0. The van der Waals surface area contributed by atoms with Gasteiger partial charge in [-0.05, 0) is 19.1 Å². The van der Waals surface area contributed by atoms with E-state index in [0.29, 0.717) is 18.7 Å². The van der Waals surface area contributed by atoms with Gasteiger partial charge in [0.25, 0.3) is 5.56 Å². The van der Waals surface area contributed by atoms with Gasteiger partial charge in [-0.15, -0.1) is 10.2 Å². The lowest BCUT2D eigenvalue weighted by Gasteiger charge is -2.06. The Balaban J connectivity index is 2.08. The number of aliphatic hydroxyl groups excluding tert-OH is 1. The molecule has 2 heterocycles. The van der Waals surface area contributed by atoms with E-state index in [-0.39, 0.29) is 17.2 Å². The fourth-order valence-electron chi connectivity index (χ4n) is 1.38. The first-order chi connectivity index (χ1) is 8.65. The minimum absolute atomic E-state index is 0.240. The quantitative estimate of drug-likeness (QED) is 0.697. The summed E-state index contributed by atoms with van der Waals surface area (Å²) in [6, 6.07) is 3.51. The summed E-state index contributed by atoms with van der Waals surface area (Å²) < 4.78 is 5.13. The average Bonchev–Trinajstić information content (AvgIpc) is 2.82. The molecule has 0 radical (unpaired) electrons. The third-order valence-electron chi connectivity index (χ3n) is 2.25. The van der Waals surface area contributed by atoms with E-state index in [9.17, 15) is 4.79 Å². The number of nitrogens with one attached hydrogen (secondary N) is 2. The number of aliphatic hydroxyl groups is 1. The van der Waals surface area contributed by atoms with E-state index in [2.05, 4.69) is 20.5 Å². The van der Waals surface area contributed by atoms with Gasteiger partial charge in [0.15, 0.2) is 0 Å².